The molecular formula is C20H20N2O5. The second kappa shape index (κ2) is 8.35. The number of alkyl carbamates (subject to hydrolysis) is 1. The lowest BCUT2D eigenvalue weighted by atomic mass is 10.0. The van der Waals surface area contributed by atoms with Gasteiger partial charge >= 0.3 is 12.1 Å². The zero-order chi connectivity index (χ0) is 19.2. The molecule has 2 aromatic rings. The predicted octanol–water partition coefficient (Wildman–Crippen LogP) is 1.52. The number of carbonyl (C=O) groups is 3. The molecule has 3 N–H and O–H groups in total. The van der Waals surface area contributed by atoms with Gasteiger partial charge in [-0.1, -0.05) is 60.7 Å². The van der Waals surface area contributed by atoms with E-state index in [1.165, 1.54) is 0 Å². The molecule has 0 radical (unpaired) electrons. The Morgan fingerprint density at radius 1 is 1.04 bits per heavy atom. The molecule has 1 heterocycles. The number of carboxylic acid groups (broad SMARTS) is 1. The molecule has 7 nitrogen and oxygen atoms in total. The van der Waals surface area contributed by atoms with Crippen LogP contribution in [0, 0.1) is 0 Å². The van der Waals surface area contributed by atoms with E-state index in [9.17, 15) is 19.5 Å². The molecule has 2 amide bonds. The van der Waals surface area contributed by atoms with Gasteiger partial charge in [0.2, 0.25) is 6.10 Å². The highest BCUT2D eigenvalue weighted by molar-refractivity contribution is 5.90. The van der Waals surface area contributed by atoms with Crippen molar-refractivity contribution in [3.8, 4) is 0 Å². The van der Waals surface area contributed by atoms with E-state index in [-0.39, 0.29) is 6.42 Å². The second-order valence-electron chi connectivity index (χ2n) is 6.36. The van der Waals surface area contributed by atoms with E-state index in [2.05, 4.69) is 10.6 Å². The third kappa shape index (κ3) is 4.84. The molecule has 27 heavy (non-hydrogen) atoms. The summed E-state index contributed by atoms with van der Waals surface area (Å²) in [7, 11) is 0. The summed E-state index contributed by atoms with van der Waals surface area (Å²) in [6.07, 6.45) is -1.23. The quantitative estimate of drug-likeness (QED) is 0.687. The summed E-state index contributed by atoms with van der Waals surface area (Å²) < 4.78 is 5.08. The summed E-state index contributed by atoms with van der Waals surface area (Å²) >= 11 is 0. The molecule has 0 aliphatic carbocycles. The molecule has 1 saturated heterocycles. The fourth-order valence-corrected chi connectivity index (χ4v) is 3.02. The van der Waals surface area contributed by atoms with Crippen molar-refractivity contribution in [2.45, 2.75) is 31.0 Å². The largest absolute Gasteiger partial charge is 0.480 e. The molecule has 0 saturated carbocycles. The van der Waals surface area contributed by atoms with Gasteiger partial charge in [0.15, 0.2) is 0 Å². The highest BCUT2D eigenvalue weighted by Gasteiger charge is 2.40. The molecular weight excluding hydrogens is 348 g/mol. The van der Waals surface area contributed by atoms with Gasteiger partial charge < -0.3 is 20.5 Å². The number of carboxylic acids is 1. The second-order valence-corrected chi connectivity index (χ2v) is 6.36. The van der Waals surface area contributed by atoms with Crippen LogP contribution in [0.1, 0.15) is 11.1 Å². The van der Waals surface area contributed by atoms with Gasteiger partial charge in [-0.15, -0.1) is 0 Å². The van der Waals surface area contributed by atoms with Gasteiger partial charge in [-0.2, -0.15) is 0 Å². The number of cyclic esters (lactones) is 1. The van der Waals surface area contributed by atoms with Crippen LogP contribution in [0.3, 0.4) is 0 Å². The molecule has 2 unspecified atom stereocenters. The van der Waals surface area contributed by atoms with E-state index in [1.54, 1.807) is 24.3 Å². The first-order valence-corrected chi connectivity index (χ1v) is 8.61. The van der Waals surface area contributed by atoms with E-state index in [0.29, 0.717) is 6.42 Å². The third-order valence-electron chi connectivity index (χ3n) is 4.36. The number of rotatable bonds is 7. The lowest BCUT2D eigenvalue weighted by molar-refractivity contribution is -0.143. The Balaban J connectivity index is 1.68. The average Bonchev–Trinajstić information content (AvgIpc) is 3.03. The van der Waals surface area contributed by atoms with E-state index in [0.717, 1.165) is 11.1 Å². The first kappa shape index (κ1) is 18.4. The van der Waals surface area contributed by atoms with E-state index in [1.807, 2.05) is 36.4 Å². The van der Waals surface area contributed by atoms with Gasteiger partial charge in [0.25, 0.3) is 5.91 Å². The molecule has 140 valence electrons. The molecule has 3 atom stereocenters. The third-order valence-corrected chi connectivity index (χ3v) is 4.36. The smallest absolute Gasteiger partial charge is 0.408 e. The highest BCUT2D eigenvalue weighted by Crippen LogP contribution is 2.15. The maximum absolute atomic E-state index is 12.6. The van der Waals surface area contributed by atoms with Crippen LogP contribution in [-0.2, 0) is 27.2 Å². The number of hydrogen-bond acceptors (Lipinski definition) is 4. The lowest BCUT2D eigenvalue weighted by Gasteiger charge is -2.20. The average molecular weight is 368 g/mol. The first-order valence-electron chi connectivity index (χ1n) is 8.61. The molecule has 0 aromatic heterocycles. The van der Waals surface area contributed by atoms with Crippen molar-refractivity contribution in [3.05, 3.63) is 71.8 Å². The maximum atomic E-state index is 12.6. The van der Waals surface area contributed by atoms with Crippen molar-refractivity contribution in [2.75, 3.05) is 0 Å². The SMILES string of the molecule is O=C1NC(Cc2ccccc2)C(C(=O)N[C@@H](Cc2ccccc2)C(=O)O)O1. The number of nitrogens with one attached hydrogen (secondary N) is 2. The van der Waals surface area contributed by atoms with Crippen LogP contribution in [0.15, 0.2) is 60.7 Å². The van der Waals surface area contributed by atoms with E-state index in [4.69, 9.17) is 4.74 Å². The summed E-state index contributed by atoms with van der Waals surface area (Å²) in [6, 6.07) is 16.7. The zero-order valence-electron chi connectivity index (χ0n) is 14.5. The molecule has 2 aromatic carbocycles. The minimum Gasteiger partial charge on any atom is -0.480 e. The molecule has 7 heteroatoms. The lowest BCUT2D eigenvalue weighted by Crippen LogP contribution is -2.50. The van der Waals surface area contributed by atoms with Crippen LogP contribution in [0.25, 0.3) is 0 Å². The van der Waals surface area contributed by atoms with Crippen molar-refractivity contribution in [1.82, 2.24) is 10.6 Å². The number of carbonyl (C=O) groups excluding carboxylic acids is 2. The molecule has 0 spiro atoms. The maximum Gasteiger partial charge on any atom is 0.408 e. The Morgan fingerprint density at radius 3 is 2.22 bits per heavy atom. The number of hydrogen-bond donors (Lipinski definition) is 3. The Bertz CT molecular complexity index is 810. The summed E-state index contributed by atoms with van der Waals surface area (Å²) in [4.78, 5) is 35.8. The van der Waals surface area contributed by atoms with Gasteiger partial charge in [-0.05, 0) is 17.5 Å². The predicted molar refractivity (Wildman–Crippen MR) is 97.1 cm³/mol. The molecule has 1 aliphatic rings. The molecule has 0 bridgehead atoms. The van der Waals surface area contributed by atoms with Crippen LogP contribution in [0.4, 0.5) is 4.79 Å². The van der Waals surface area contributed by atoms with Gasteiger partial charge in [-0.3, -0.25) is 4.79 Å². The summed E-state index contributed by atoms with van der Waals surface area (Å²) in [5.74, 6) is -1.78. The van der Waals surface area contributed by atoms with Gasteiger partial charge in [0, 0.05) is 6.42 Å². The highest BCUT2D eigenvalue weighted by atomic mass is 16.6. The van der Waals surface area contributed by atoms with Crippen molar-refractivity contribution in [1.29, 1.82) is 0 Å². The van der Waals surface area contributed by atoms with Crippen LogP contribution in [0.2, 0.25) is 0 Å². The van der Waals surface area contributed by atoms with Gasteiger partial charge in [0.1, 0.15) is 6.04 Å². The number of benzene rings is 2. The number of ether oxygens (including phenoxy) is 1. The van der Waals surface area contributed by atoms with E-state index >= 15 is 0 Å². The van der Waals surface area contributed by atoms with Gasteiger partial charge in [0.05, 0.1) is 6.04 Å². The Kier molecular flexibility index (Phi) is 5.71. The zero-order valence-corrected chi connectivity index (χ0v) is 14.5. The van der Waals surface area contributed by atoms with Crippen LogP contribution >= 0.6 is 0 Å². The molecule has 1 aliphatic heterocycles. The monoisotopic (exact) mass is 368 g/mol. The van der Waals surface area contributed by atoms with Crippen LogP contribution in [-0.4, -0.2) is 41.3 Å². The Labute approximate surface area is 156 Å². The van der Waals surface area contributed by atoms with Crippen LogP contribution < -0.4 is 10.6 Å². The first-order chi connectivity index (χ1) is 13.0. The van der Waals surface area contributed by atoms with Gasteiger partial charge in [-0.25, -0.2) is 9.59 Å². The summed E-state index contributed by atoms with van der Waals surface area (Å²) in [6.45, 7) is 0. The topological polar surface area (TPSA) is 105 Å². The van der Waals surface area contributed by atoms with Crippen molar-refractivity contribution in [3.63, 3.8) is 0 Å². The van der Waals surface area contributed by atoms with Crippen molar-refractivity contribution >= 4 is 18.0 Å². The summed E-state index contributed by atoms with van der Waals surface area (Å²) in [5.41, 5.74) is 1.72. The minimum absolute atomic E-state index is 0.138. The fraction of sp³-hybridized carbons (Fsp3) is 0.250. The van der Waals surface area contributed by atoms with Crippen LogP contribution in [0.5, 0.6) is 0 Å². The Hall–Kier alpha value is -3.35. The standard InChI is InChI=1S/C20H20N2O5/c23-18(21-16(19(24)25)12-14-9-5-2-6-10-14)17-15(22-20(26)27-17)11-13-7-3-1-4-8-13/h1-10,15-17H,11-12H2,(H,21,23)(H,22,26)(H,24,25)/t15?,16-,17?/m0/s1. The Morgan fingerprint density at radius 2 is 1.63 bits per heavy atom. The summed E-state index contributed by atoms with van der Waals surface area (Å²) in [5, 5.41) is 14.5. The molecule has 3 rings (SSSR count). The minimum atomic E-state index is -1.15. The van der Waals surface area contributed by atoms with E-state index < -0.39 is 36.2 Å². The molecule has 1 fully saturated rings. The van der Waals surface area contributed by atoms with Crippen molar-refractivity contribution in [2.24, 2.45) is 0 Å². The number of amides is 2. The van der Waals surface area contributed by atoms with Crippen molar-refractivity contribution < 1.29 is 24.2 Å². The number of aliphatic carboxylic acids is 1. The fourth-order valence-electron chi connectivity index (χ4n) is 3.02. The normalized spacial score (nSPS) is 19.6.